The van der Waals surface area contributed by atoms with E-state index >= 15 is 0 Å². The van der Waals surface area contributed by atoms with Gasteiger partial charge in [0.2, 0.25) is 5.69 Å². The van der Waals surface area contributed by atoms with E-state index in [1.807, 2.05) is 0 Å². The Hall–Kier alpha value is -2.83. The number of hydrogen-bond acceptors (Lipinski definition) is 15. The van der Waals surface area contributed by atoms with Crippen LogP contribution in [0, 0.1) is 0 Å². The molecule has 0 saturated carbocycles. The summed E-state index contributed by atoms with van der Waals surface area (Å²) in [4.78, 5) is -1.02. The molecule has 0 saturated heterocycles. The lowest BCUT2D eigenvalue weighted by Crippen LogP contribution is -2.30. The SMILES string of the molecule is CC1(C)C(C=C/C=C2/N(CCCS(=O)(=O)O)c3cc(S(=O)(=O)O)cc(S(=O)(=O)O)c3C2(C)C)=[N+](CCCS(=O)(=O)O)c2cc(SOOO)cc(S(=O)(=O)O)c21. The van der Waals surface area contributed by atoms with Gasteiger partial charge in [0, 0.05) is 52.4 Å². The lowest BCUT2D eigenvalue weighted by atomic mass is 9.81. The number of benzene rings is 2. The second-order valence-electron chi connectivity index (χ2n) is 13.4. The van der Waals surface area contributed by atoms with Crippen LogP contribution in [0.4, 0.5) is 11.4 Å². The third-order valence-electron chi connectivity index (χ3n) is 8.89. The Morgan fingerprint density at radius 2 is 1.31 bits per heavy atom. The summed E-state index contributed by atoms with van der Waals surface area (Å²) >= 11 is 0.370. The van der Waals surface area contributed by atoms with Crippen LogP contribution in [-0.4, -0.2) is 105 Å². The third-order valence-corrected chi connectivity index (χ3v) is 13.6. The van der Waals surface area contributed by atoms with Crippen LogP contribution >= 0.6 is 12.0 Å². The Kier molecular flexibility index (Phi) is 12.6. The first-order chi connectivity index (χ1) is 24.9. The van der Waals surface area contributed by atoms with Gasteiger partial charge in [-0.3, -0.25) is 22.8 Å². The lowest BCUT2D eigenvalue weighted by Gasteiger charge is -2.27. The standard InChI is InChI=1S/C29H36N2O18S6/c1-28(2)24(30(10-6-12-51(33,34)35)20-14-18(50-49-48-32)15-22(26(20)28)54(42,43)44)8-5-9-25-29(3,4)27-21(31(25)11-7-13-52(36,37)38)16-19(53(39,40)41)17-23(27)55(45,46)47/h5,8-9,14-17H,6-7,10-13H2,1-4H3,(H5-,32,33,34,35,36,37,38,39,40,41,42,43,44,45,46,47)/p+1. The van der Waals surface area contributed by atoms with Crippen LogP contribution < -0.4 is 4.90 Å². The van der Waals surface area contributed by atoms with Crippen LogP contribution in [0.2, 0.25) is 0 Å². The van der Waals surface area contributed by atoms with Gasteiger partial charge in [-0.1, -0.05) is 25.0 Å². The molecule has 2 aromatic carbocycles. The van der Waals surface area contributed by atoms with Crippen molar-refractivity contribution in [3.8, 4) is 0 Å². The Morgan fingerprint density at radius 1 is 0.745 bits per heavy atom. The number of rotatable bonds is 16. The minimum absolute atomic E-state index is 0.00765. The van der Waals surface area contributed by atoms with E-state index < -0.39 is 87.6 Å². The fraction of sp³-hybridized carbons (Fsp3) is 0.414. The van der Waals surface area contributed by atoms with E-state index in [0.29, 0.717) is 23.8 Å². The van der Waals surface area contributed by atoms with Crippen LogP contribution in [0.15, 0.2) is 67.8 Å². The van der Waals surface area contributed by atoms with Crippen LogP contribution in [0.25, 0.3) is 0 Å². The summed E-state index contributed by atoms with van der Waals surface area (Å²) in [5.74, 6) is -1.46. The van der Waals surface area contributed by atoms with E-state index in [0.717, 1.165) is 12.1 Å². The molecule has 2 aliphatic heterocycles. The van der Waals surface area contributed by atoms with Crippen LogP contribution in [0.5, 0.6) is 0 Å². The molecule has 20 nitrogen and oxygen atoms in total. The smallest absolute Gasteiger partial charge is 0.295 e. The number of nitrogens with zero attached hydrogens (tertiary/aromatic N) is 2. The summed E-state index contributed by atoms with van der Waals surface area (Å²) in [6.45, 7) is 5.76. The highest BCUT2D eigenvalue weighted by atomic mass is 32.2. The van der Waals surface area contributed by atoms with E-state index in [1.54, 1.807) is 13.8 Å². The summed E-state index contributed by atoms with van der Waals surface area (Å²) in [6.07, 6.45) is 3.84. The largest absolute Gasteiger partial charge is 0.344 e. The number of anilines is 1. The first-order valence-electron chi connectivity index (χ1n) is 15.6. The van der Waals surface area contributed by atoms with Gasteiger partial charge in [0.25, 0.3) is 50.6 Å². The summed E-state index contributed by atoms with van der Waals surface area (Å²) in [5.41, 5.74) is -2.30. The predicted octanol–water partition coefficient (Wildman–Crippen LogP) is 3.02. The average molecular weight is 894 g/mol. The molecule has 0 atom stereocenters. The minimum atomic E-state index is -5.16. The zero-order valence-electron chi connectivity index (χ0n) is 29.2. The van der Waals surface area contributed by atoms with Gasteiger partial charge in [-0.25, -0.2) is 5.26 Å². The molecule has 2 heterocycles. The minimum Gasteiger partial charge on any atom is -0.344 e. The zero-order chi connectivity index (χ0) is 41.7. The molecule has 2 aromatic rings. The van der Waals surface area contributed by atoms with E-state index in [4.69, 9.17) is 5.26 Å². The molecule has 0 aliphatic carbocycles. The summed E-state index contributed by atoms with van der Waals surface area (Å²) in [5, 5.41) is 12.3. The third kappa shape index (κ3) is 10.0. The Labute approximate surface area is 322 Å². The van der Waals surface area contributed by atoms with E-state index in [1.165, 1.54) is 47.6 Å². The molecule has 0 aromatic heterocycles. The van der Waals surface area contributed by atoms with Crippen molar-refractivity contribution in [2.24, 2.45) is 0 Å². The maximum Gasteiger partial charge on any atom is 0.295 e. The Bertz CT molecular complexity index is 2560. The molecule has 0 unspecified atom stereocenters. The van der Waals surface area contributed by atoms with Gasteiger partial charge in [-0.15, -0.1) is 4.33 Å². The lowest BCUT2D eigenvalue weighted by molar-refractivity contribution is -0.437. The van der Waals surface area contributed by atoms with Gasteiger partial charge in [-0.05, 0) is 44.5 Å². The number of allylic oxidation sites excluding steroid dienone is 4. The second-order valence-corrected chi connectivity index (χ2v) is 21.5. The molecule has 0 radical (unpaired) electrons. The molecule has 0 amide bonds. The fourth-order valence-corrected chi connectivity index (χ4v) is 10.7. The molecule has 0 fully saturated rings. The normalized spacial score (nSPS) is 18.1. The maximum absolute atomic E-state index is 12.7. The molecule has 26 heteroatoms. The van der Waals surface area contributed by atoms with Gasteiger partial charge in [0.05, 0.1) is 39.4 Å². The van der Waals surface area contributed by atoms with Crippen molar-refractivity contribution in [2.45, 2.75) is 70.9 Å². The van der Waals surface area contributed by atoms with Gasteiger partial charge in [-0.2, -0.15) is 46.7 Å². The van der Waals surface area contributed by atoms with Crippen molar-refractivity contribution in [1.29, 1.82) is 0 Å². The van der Waals surface area contributed by atoms with E-state index in [-0.39, 0.29) is 59.0 Å². The average Bonchev–Trinajstić information content (AvgIpc) is 3.35. The van der Waals surface area contributed by atoms with E-state index in [9.17, 15) is 64.9 Å². The van der Waals surface area contributed by atoms with Crippen LogP contribution in [0.3, 0.4) is 0 Å². The molecule has 0 spiro atoms. The molecule has 2 aliphatic rings. The Balaban J connectivity index is 1.99. The van der Waals surface area contributed by atoms with Crippen molar-refractivity contribution in [3.05, 3.63) is 59.3 Å². The van der Waals surface area contributed by atoms with Crippen LogP contribution in [-0.2, 0) is 70.8 Å². The van der Waals surface area contributed by atoms with Crippen molar-refractivity contribution < 1.29 is 84.1 Å². The first kappa shape index (κ1) is 44.9. The summed E-state index contributed by atoms with van der Waals surface area (Å²) in [7, 11) is -24.1. The monoisotopic (exact) mass is 893 g/mol. The highest BCUT2D eigenvalue weighted by molar-refractivity contribution is 7.94. The molecular weight excluding hydrogens is 857 g/mol. The second kappa shape index (κ2) is 15.5. The predicted molar refractivity (Wildman–Crippen MR) is 195 cm³/mol. The highest BCUT2D eigenvalue weighted by Gasteiger charge is 2.49. The molecule has 55 heavy (non-hydrogen) atoms. The molecular formula is C29H37N2O18S6+. The Morgan fingerprint density at radius 3 is 1.84 bits per heavy atom. The maximum atomic E-state index is 12.7. The van der Waals surface area contributed by atoms with Crippen molar-refractivity contribution in [2.75, 3.05) is 29.5 Å². The zero-order valence-corrected chi connectivity index (χ0v) is 34.1. The molecule has 6 N–H and O–H groups in total. The summed E-state index contributed by atoms with van der Waals surface area (Å²) in [6, 6.07) is 3.94. The fourth-order valence-electron chi connectivity index (χ4n) is 6.80. The molecule has 4 rings (SSSR count). The molecule has 306 valence electrons. The van der Waals surface area contributed by atoms with Crippen molar-refractivity contribution in [3.63, 3.8) is 0 Å². The van der Waals surface area contributed by atoms with E-state index in [2.05, 4.69) is 9.37 Å². The molecule has 0 bridgehead atoms. The number of hydrogen-bond donors (Lipinski definition) is 6. The first-order valence-corrected chi connectivity index (χ1v) is 23.8. The quantitative estimate of drug-likeness (QED) is 0.0464. The van der Waals surface area contributed by atoms with Crippen molar-refractivity contribution in [1.82, 2.24) is 0 Å². The van der Waals surface area contributed by atoms with Gasteiger partial charge in [0.1, 0.15) is 16.3 Å². The topological polar surface area (TPSA) is 317 Å². The highest BCUT2D eigenvalue weighted by Crippen LogP contribution is 2.52. The summed E-state index contributed by atoms with van der Waals surface area (Å²) < 4.78 is 176. The van der Waals surface area contributed by atoms with Gasteiger partial charge >= 0.3 is 0 Å². The van der Waals surface area contributed by atoms with Crippen LogP contribution in [0.1, 0.15) is 51.7 Å². The number of fused-ring (bicyclic) bond motifs is 2. The van der Waals surface area contributed by atoms with Crippen molar-refractivity contribution >= 4 is 79.7 Å². The van der Waals surface area contributed by atoms with Gasteiger partial charge in [0.15, 0.2) is 5.71 Å². The van der Waals surface area contributed by atoms with Gasteiger partial charge < -0.3 is 4.90 Å².